The molecule has 2 aromatic carbocycles. The van der Waals surface area contributed by atoms with Crippen LogP contribution in [0, 0.1) is 0 Å². The first kappa shape index (κ1) is 19.3. The van der Waals surface area contributed by atoms with Gasteiger partial charge in [0.1, 0.15) is 5.75 Å². The first-order chi connectivity index (χ1) is 11.9. The Morgan fingerprint density at radius 1 is 1.12 bits per heavy atom. The molecule has 1 atom stereocenters. The summed E-state index contributed by atoms with van der Waals surface area (Å²) in [5, 5.41) is 3.67. The van der Waals surface area contributed by atoms with Crippen molar-refractivity contribution in [2.24, 2.45) is 0 Å². The van der Waals surface area contributed by atoms with E-state index in [1.165, 1.54) is 0 Å². The molecule has 4 nitrogen and oxygen atoms in total. The van der Waals surface area contributed by atoms with E-state index >= 15 is 0 Å². The molecule has 0 heterocycles. The van der Waals surface area contributed by atoms with Crippen LogP contribution in [0.2, 0.25) is 5.02 Å². The zero-order valence-corrected chi connectivity index (χ0v) is 15.8. The lowest BCUT2D eigenvalue weighted by atomic mass is 10.1. The summed E-state index contributed by atoms with van der Waals surface area (Å²) in [4.78, 5) is 12.6. The number of methoxy groups -OCH3 is 1. The molecule has 1 N–H and O–H groups in total. The van der Waals surface area contributed by atoms with Crippen molar-refractivity contribution < 1.29 is 14.3 Å². The molecular weight excluding hydrogens is 338 g/mol. The van der Waals surface area contributed by atoms with Crippen molar-refractivity contribution in [1.82, 2.24) is 5.32 Å². The summed E-state index contributed by atoms with van der Waals surface area (Å²) in [5.41, 5.74) is 2.42. The van der Waals surface area contributed by atoms with Crippen LogP contribution in [-0.2, 0) is 11.3 Å². The second-order valence-corrected chi connectivity index (χ2v) is 6.57. The molecule has 5 heteroatoms. The Balaban J connectivity index is 2.12. The van der Waals surface area contributed by atoms with Gasteiger partial charge in [0.2, 0.25) is 0 Å². The minimum Gasteiger partial charge on any atom is -0.496 e. The second kappa shape index (κ2) is 8.88. The number of carbonyl (C=O) groups excluding carboxylic acids is 1. The summed E-state index contributed by atoms with van der Waals surface area (Å²) in [7, 11) is 1.61. The van der Waals surface area contributed by atoms with Gasteiger partial charge in [0.05, 0.1) is 25.9 Å². The Hall–Kier alpha value is -2.04. The Labute approximate surface area is 154 Å². The molecule has 0 aliphatic heterocycles. The molecule has 0 aliphatic rings. The number of halogens is 1. The summed E-state index contributed by atoms with van der Waals surface area (Å²) in [5.74, 6) is 0.568. The third-order valence-corrected chi connectivity index (χ3v) is 4.08. The van der Waals surface area contributed by atoms with E-state index < -0.39 is 0 Å². The SMILES string of the molecule is COc1ccc(C(=O)N[C@H](C)c2ccc(Cl)cc2)cc1COC(C)C. The third kappa shape index (κ3) is 5.48. The van der Waals surface area contributed by atoms with E-state index in [1.54, 1.807) is 19.2 Å². The van der Waals surface area contributed by atoms with Crippen LogP contribution in [0.25, 0.3) is 0 Å². The minimum atomic E-state index is -0.143. The van der Waals surface area contributed by atoms with Gasteiger partial charge in [-0.2, -0.15) is 0 Å². The van der Waals surface area contributed by atoms with E-state index in [0.717, 1.165) is 11.1 Å². The van der Waals surface area contributed by atoms with Crippen molar-refractivity contribution in [1.29, 1.82) is 0 Å². The number of benzene rings is 2. The Morgan fingerprint density at radius 3 is 2.40 bits per heavy atom. The number of hydrogen-bond donors (Lipinski definition) is 1. The molecule has 0 spiro atoms. The zero-order chi connectivity index (χ0) is 18.4. The fourth-order valence-electron chi connectivity index (χ4n) is 2.40. The molecule has 0 saturated carbocycles. The van der Waals surface area contributed by atoms with Crippen molar-refractivity contribution >= 4 is 17.5 Å². The quantitative estimate of drug-likeness (QED) is 0.773. The lowest BCUT2D eigenvalue weighted by molar-refractivity contribution is 0.0644. The number of nitrogens with one attached hydrogen (secondary N) is 1. The molecule has 0 bridgehead atoms. The van der Waals surface area contributed by atoms with Crippen molar-refractivity contribution in [2.75, 3.05) is 7.11 Å². The van der Waals surface area contributed by atoms with E-state index in [0.29, 0.717) is 22.9 Å². The molecule has 0 fully saturated rings. The standard InChI is InChI=1S/C20H24ClNO3/c1-13(2)25-12-17-11-16(7-10-19(17)24-4)20(23)22-14(3)15-5-8-18(21)9-6-15/h5-11,13-14H,12H2,1-4H3,(H,22,23)/t14-/m1/s1. The molecule has 0 saturated heterocycles. The Kier molecular flexibility index (Phi) is 6.85. The van der Waals surface area contributed by atoms with Gasteiger partial charge < -0.3 is 14.8 Å². The molecule has 2 aromatic rings. The summed E-state index contributed by atoms with van der Waals surface area (Å²) in [6.45, 7) is 6.27. The zero-order valence-electron chi connectivity index (χ0n) is 15.0. The predicted octanol–water partition coefficient (Wildman–Crippen LogP) is 4.76. The third-order valence-electron chi connectivity index (χ3n) is 3.83. The summed E-state index contributed by atoms with van der Waals surface area (Å²) in [6, 6.07) is 12.7. The highest BCUT2D eigenvalue weighted by molar-refractivity contribution is 6.30. The molecule has 0 aliphatic carbocycles. The molecule has 0 radical (unpaired) electrons. The van der Waals surface area contributed by atoms with Gasteiger partial charge in [-0.3, -0.25) is 4.79 Å². The molecule has 1 amide bonds. The molecule has 0 aromatic heterocycles. The number of amides is 1. The number of ether oxygens (including phenoxy) is 2. The monoisotopic (exact) mass is 361 g/mol. The molecule has 2 rings (SSSR count). The van der Waals surface area contributed by atoms with Crippen molar-refractivity contribution in [3.63, 3.8) is 0 Å². The van der Waals surface area contributed by atoms with Crippen LogP contribution < -0.4 is 10.1 Å². The van der Waals surface area contributed by atoms with Crippen LogP contribution in [0.4, 0.5) is 0 Å². The maximum absolute atomic E-state index is 12.6. The van der Waals surface area contributed by atoms with Crippen LogP contribution in [0.1, 0.15) is 48.3 Å². The van der Waals surface area contributed by atoms with Gasteiger partial charge in [0, 0.05) is 16.1 Å². The molecule has 0 unspecified atom stereocenters. The van der Waals surface area contributed by atoms with Gasteiger partial charge in [0.25, 0.3) is 5.91 Å². The highest BCUT2D eigenvalue weighted by Gasteiger charge is 2.14. The minimum absolute atomic E-state index is 0.104. The fraction of sp³-hybridized carbons (Fsp3) is 0.350. The maximum atomic E-state index is 12.6. The Morgan fingerprint density at radius 2 is 1.80 bits per heavy atom. The lowest BCUT2D eigenvalue weighted by Gasteiger charge is -2.16. The smallest absolute Gasteiger partial charge is 0.251 e. The van der Waals surface area contributed by atoms with Crippen LogP contribution in [0.15, 0.2) is 42.5 Å². The fourth-order valence-corrected chi connectivity index (χ4v) is 2.53. The normalized spacial score (nSPS) is 12.1. The average molecular weight is 362 g/mol. The van der Waals surface area contributed by atoms with Crippen molar-refractivity contribution in [3.05, 3.63) is 64.2 Å². The van der Waals surface area contributed by atoms with E-state index in [-0.39, 0.29) is 18.1 Å². The highest BCUT2D eigenvalue weighted by Crippen LogP contribution is 2.22. The largest absolute Gasteiger partial charge is 0.496 e. The van der Waals surface area contributed by atoms with E-state index in [9.17, 15) is 4.79 Å². The molecule has 25 heavy (non-hydrogen) atoms. The van der Waals surface area contributed by atoms with Gasteiger partial charge in [-0.25, -0.2) is 0 Å². The van der Waals surface area contributed by atoms with Crippen molar-refractivity contribution in [3.8, 4) is 5.75 Å². The van der Waals surface area contributed by atoms with Crippen LogP contribution in [-0.4, -0.2) is 19.1 Å². The summed E-state index contributed by atoms with van der Waals surface area (Å²) in [6.07, 6.45) is 0.104. The number of carbonyl (C=O) groups is 1. The lowest BCUT2D eigenvalue weighted by Crippen LogP contribution is -2.26. The second-order valence-electron chi connectivity index (χ2n) is 6.13. The maximum Gasteiger partial charge on any atom is 0.251 e. The van der Waals surface area contributed by atoms with Gasteiger partial charge in [-0.05, 0) is 56.7 Å². The number of hydrogen-bond acceptors (Lipinski definition) is 3. The van der Waals surface area contributed by atoms with Crippen molar-refractivity contribution in [2.45, 2.75) is 39.5 Å². The van der Waals surface area contributed by atoms with E-state index in [1.807, 2.05) is 51.1 Å². The summed E-state index contributed by atoms with van der Waals surface area (Å²) >= 11 is 5.90. The first-order valence-electron chi connectivity index (χ1n) is 8.25. The molecule has 134 valence electrons. The van der Waals surface area contributed by atoms with E-state index in [2.05, 4.69) is 5.32 Å². The van der Waals surface area contributed by atoms with Crippen LogP contribution >= 0.6 is 11.6 Å². The van der Waals surface area contributed by atoms with Gasteiger partial charge in [0.15, 0.2) is 0 Å². The predicted molar refractivity (Wildman–Crippen MR) is 100 cm³/mol. The van der Waals surface area contributed by atoms with Gasteiger partial charge in [-0.1, -0.05) is 23.7 Å². The van der Waals surface area contributed by atoms with Gasteiger partial charge in [-0.15, -0.1) is 0 Å². The average Bonchev–Trinajstić information content (AvgIpc) is 2.60. The van der Waals surface area contributed by atoms with Gasteiger partial charge >= 0.3 is 0 Å². The summed E-state index contributed by atoms with van der Waals surface area (Å²) < 4.78 is 11.0. The highest BCUT2D eigenvalue weighted by atomic mass is 35.5. The van der Waals surface area contributed by atoms with Crippen LogP contribution in [0.5, 0.6) is 5.75 Å². The number of rotatable bonds is 7. The topological polar surface area (TPSA) is 47.6 Å². The molecular formula is C20H24ClNO3. The van der Waals surface area contributed by atoms with E-state index in [4.69, 9.17) is 21.1 Å². The first-order valence-corrected chi connectivity index (χ1v) is 8.63. The van der Waals surface area contributed by atoms with Crippen LogP contribution in [0.3, 0.4) is 0 Å². The Bertz CT molecular complexity index is 713.